The fourth-order valence-corrected chi connectivity index (χ4v) is 4.09. The van der Waals surface area contributed by atoms with Crippen molar-refractivity contribution in [2.24, 2.45) is 11.8 Å². The Morgan fingerprint density at radius 2 is 0.714 bits per heavy atom. The van der Waals surface area contributed by atoms with Crippen molar-refractivity contribution in [1.29, 1.82) is 0 Å². The van der Waals surface area contributed by atoms with Gasteiger partial charge < -0.3 is 19.7 Å². The summed E-state index contributed by atoms with van der Waals surface area (Å²) in [4.78, 5) is 42.0. The van der Waals surface area contributed by atoms with E-state index in [1.54, 1.807) is 0 Å². The Kier molecular flexibility index (Phi) is 55.7. The van der Waals surface area contributed by atoms with E-state index in [1.807, 2.05) is 0 Å². The van der Waals surface area contributed by atoms with E-state index in [-0.39, 0.29) is 23.9 Å². The van der Waals surface area contributed by atoms with Gasteiger partial charge in [-0.2, -0.15) is 0 Å². The van der Waals surface area contributed by atoms with Crippen molar-refractivity contribution in [3.05, 3.63) is 24.3 Å². The first kappa shape index (κ1) is 56.5. The fourth-order valence-electron chi connectivity index (χ4n) is 4.09. The van der Waals surface area contributed by atoms with Gasteiger partial charge in [0.1, 0.15) is 0 Å². The standard InChI is InChI=1S/2C12H20O4.2C8H18.Sn/c2*1-10(2)6-4-3-5-9-16-12(15)8-7-11(13)14;2*1-3-5-7-8-6-4-2;/h2*7-8,10H,3-6,9H2,1-2H3,(H,13,14);2*3-8H2,1-2H3;/b2*8-7+;;;. The first-order chi connectivity index (χ1) is 22.9. The molecule has 0 saturated heterocycles. The average molecular weight is 804 g/mol. The third-order valence-electron chi connectivity index (χ3n) is 6.98. The Morgan fingerprint density at radius 1 is 0.449 bits per heavy atom. The van der Waals surface area contributed by atoms with Gasteiger partial charge in [0.25, 0.3) is 0 Å². The zero-order valence-electron chi connectivity index (χ0n) is 32.9. The molecule has 4 radical (unpaired) electrons. The molecule has 49 heavy (non-hydrogen) atoms. The van der Waals surface area contributed by atoms with E-state index >= 15 is 0 Å². The van der Waals surface area contributed by atoms with E-state index in [0.29, 0.717) is 25.0 Å². The third kappa shape index (κ3) is 68.8. The van der Waals surface area contributed by atoms with Crippen LogP contribution in [0, 0.1) is 11.8 Å². The number of unbranched alkanes of at least 4 members (excludes halogenated alkanes) is 14. The number of carbonyl (C=O) groups excluding carboxylic acids is 2. The van der Waals surface area contributed by atoms with Gasteiger partial charge in [-0.15, -0.1) is 0 Å². The maximum atomic E-state index is 10.9. The SMILES string of the molecule is CC(C)CCCCCOC(=O)/C=C/C(=O)O.CC(C)CCCCCOC(=O)/C=C/C(=O)O.CCCCCCCC.CCCCCCCC.[Sn]. The number of ether oxygens (including phenoxy) is 2. The monoisotopic (exact) mass is 804 g/mol. The van der Waals surface area contributed by atoms with Crippen molar-refractivity contribution in [3.8, 4) is 0 Å². The second kappa shape index (κ2) is 48.3. The molecule has 0 saturated carbocycles. The Bertz CT molecular complexity index is 702. The van der Waals surface area contributed by atoms with Crippen LogP contribution in [0.15, 0.2) is 24.3 Å². The van der Waals surface area contributed by atoms with Crippen LogP contribution in [0.5, 0.6) is 0 Å². The number of hydrogen-bond donors (Lipinski definition) is 2. The predicted molar refractivity (Wildman–Crippen MR) is 206 cm³/mol. The zero-order valence-corrected chi connectivity index (χ0v) is 35.7. The van der Waals surface area contributed by atoms with Crippen LogP contribution in [0.3, 0.4) is 0 Å². The van der Waals surface area contributed by atoms with Gasteiger partial charge >= 0.3 is 23.9 Å². The molecule has 0 aromatic carbocycles. The Morgan fingerprint density at radius 3 is 0.939 bits per heavy atom. The number of hydrogen-bond acceptors (Lipinski definition) is 6. The number of carboxylic acid groups (broad SMARTS) is 2. The molecule has 0 fully saturated rings. The number of rotatable bonds is 26. The number of esters is 2. The van der Waals surface area contributed by atoms with Gasteiger partial charge in [-0.1, -0.05) is 171 Å². The van der Waals surface area contributed by atoms with Crippen LogP contribution in [0.1, 0.15) is 184 Å². The first-order valence-electron chi connectivity index (χ1n) is 19.0. The average Bonchev–Trinajstić information content (AvgIpc) is 3.03. The number of carbonyl (C=O) groups is 4. The molecule has 0 rings (SSSR count). The normalized spacial score (nSPS) is 10.3. The van der Waals surface area contributed by atoms with Crippen molar-refractivity contribution >= 4 is 47.8 Å². The summed E-state index contributed by atoms with van der Waals surface area (Å²) in [5.41, 5.74) is 0. The Balaban J connectivity index is -0.000000183. The van der Waals surface area contributed by atoms with E-state index in [4.69, 9.17) is 19.7 Å². The summed E-state index contributed by atoms with van der Waals surface area (Å²) < 4.78 is 9.62. The van der Waals surface area contributed by atoms with Crippen LogP contribution < -0.4 is 0 Å². The van der Waals surface area contributed by atoms with Crippen LogP contribution in [-0.4, -0.2) is 71.2 Å². The summed E-state index contributed by atoms with van der Waals surface area (Å²) in [6.45, 7) is 18.5. The first-order valence-corrected chi connectivity index (χ1v) is 19.0. The van der Waals surface area contributed by atoms with Crippen molar-refractivity contribution in [2.45, 2.75) is 184 Å². The number of aliphatic carboxylic acids is 2. The summed E-state index contributed by atoms with van der Waals surface area (Å²) in [6.07, 6.45) is 28.8. The zero-order chi connectivity index (χ0) is 37.3. The summed E-state index contributed by atoms with van der Waals surface area (Å²) in [7, 11) is 0. The molecular formula is C40H76O8Sn. The van der Waals surface area contributed by atoms with Gasteiger partial charge in [0.05, 0.1) is 13.2 Å². The molecule has 0 amide bonds. The fraction of sp³-hybridized carbons (Fsp3) is 0.800. The molecule has 0 heterocycles. The third-order valence-corrected chi connectivity index (χ3v) is 6.98. The molecule has 0 atom stereocenters. The van der Waals surface area contributed by atoms with Crippen LogP contribution in [0.4, 0.5) is 0 Å². The van der Waals surface area contributed by atoms with E-state index < -0.39 is 23.9 Å². The summed E-state index contributed by atoms with van der Waals surface area (Å²) in [5, 5.41) is 16.5. The molecule has 0 aromatic rings. The maximum Gasteiger partial charge on any atom is 0.331 e. The molecule has 0 unspecified atom stereocenters. The van der Waals surface area contributed by atoms with Gasteiger partial charge in [-0.3, -0.25) is 0 Å². The van der Waals surface area contributed by atoms with Crippen molar-refractivity contribution in [2.75, 3.05) is 13.2 Å². The summed E-state index contributed by atoms with van der Waals surface area (Å²) >= 11 is 0. The Hall–Kier alpha value is -1.84. The Labute approximate surface area is 318 Å². The quantitative estimate of drug-likeness (QED) is 0.0383. The van der Waals surface area contributed by atoms with Crippen LogP contribution in [0.25, 0.3) is 0 Å². The largest absolute Gasteiger partial charge is 0.478 e. The van der Waals surface area contributed by atoms with E-state index in [2.05, 4.69) is 55.4 Å². The van der Waals surface area contributed by atoms with E-state index in [1.165, 1.54) is 89.9 Å². The topological polar surface area (TPSA) is 127 Å². The van der Waals surface area contributed by atoms with Gasteiger partial charge in [-0.05, 0) is 24.7 Å². The van der Waals surface area contributed by atoms with Crippen LogP contribution >= 0.6 is 0 Å². The summed E-state index contributed by atoms with van der Waals surface area (Å²) in [6, 6.07) is 0. The minimum Gasteiger partial charge on any atom is -0.478 e. The summed E-state index contributed by atoms with van der Waals surface area (Å²) in [5.74, 6) is -2.05. The minimum atomic E-state index is -1.14. The predicted octanol–water partition coefficient (Wildman–Crippen LogP) is 11.1. The second-order valence-corrected chi connectivity index (χ2v) is 13.0. The van der Waals surface area contributed by atoms with Crippen molar-refractivity contribution in [3.63, 3.8) is 0 Å². The molecule has 0 aliphatic heterocycles. The van der Waals surface area contributed by atoms with E-state index in [0.717, 1.165) is 62.8 Å². The van der Waals surface area contributed by atoms with Gasteiger partial charge in [0, 0.05) is 48.2 Å². The molecule has 0 bridgehead atoms. The van der Waals surface area contributed by atoms with Crippen molar-refractivity contribution < 1.29 is 38.9 Å². The molecular weight excluding hydrogens is 727 g/mol. The molecule has 8 nitrogen and oxygen atoms in total. The molecule has 0 aromatic heterocycles. The molecule has 0 spiro atoms. The minimum absolute atomic E-state index is 0. The molecule has 0 aliphatic carbocycles. The van der Waals surface area contributed by atoms with Gasteiger partial charge in [-0.25, -0.2) is 19.2 Å². The van der Waals surface area contributed by atoms with E-state index in [9.17, 15) is 19.2 Å². The maximum absolute atomic E-state index is 10.9. The van der Waals surface area contributed by atoms with Gasteiger partial charge in [0.2, 0.25) is 0 Å². The van der Waals surface area contributed by atoms with Crippen LogP contribution in [0.2, 0.25) is 0 Å². The molecule has 0 aliphatic rings. The van der Waals surface area contributed by atoms with Crippen LogP contribution in [-0.2, 0) is 28.7 Å². The second-order valence-electron chi connectivity index (χ2n) is 13.0. The van der Waals surface area contributed by atoms with Crippen molar-refractivity contribution in [1.82, 2.24) is 0 Å². The molecule has 2 N–H and O–H groups in total. The van der Waals surface area contributed by atoms with Gasteiger partial charge in [0.15, 0.2) is 0 Å². The molecule has 9 heteroatoms. The molecule has 288 valence electrons. The smallest absolute Gasteiger partial charge is 0.331 e. The number of carboxylic acids is 2.